The van der Waals surface area contributed by atoms with Gasteiger partial charge in [-0.15, -0.1) is 0 Å². The number of anilines is 1. The maximum absolute atomic E-state index is 10.6. The van der Waals surface area contributed by atoms with Crippen LogP contribution < -0.4 is 10.5 Å². The van der Waals surface area contributed by atoms with Crippen molar-refractivity contribution in [3.05, 3.63) is 23.8 Å². The van der Waals surface area contributed by atoms with Gasteiger partial charge in [-0.05, 0) is 18.6 Å². The summed E-state index contributed by atoms with van der Waals surface area (Å²) in [4.78, 5) is 10.6. The molecule has 0 aliphatic heterocycles. The van der Waals surface area contributed by atoms with Gasteiger partial charge in [0.15, 0.2) is 5.75 Å². The number of aryl methyl sites for hydroxylation is 1. The zero-order chi connectivity index (χ0) is 9.14. The predicted molar refractivity (Wildman–Crippen MR) is 46.9 cm³/mol. The maximum Gasteiger partial charge on any atom is 0.308 e. The van der Waals surface area contributed by atoms with Crippen LogP contribution in [0, 0.1) is 6.92 Å². The van der Waals surface area contributed by atoms with Crippen molar-refractivity contribution in [1.82, 2.24) is 0 Å². The summed E-state index contributed by atoms with van der Waals surface area (Å²) in [6.45, 7) is 3.21. The minimum Gasteiger partial charge on any atom is -0.425 e. The fourth-order valence-electron chi connectivity index (χ4n) is 0.898. The predicted octanol–water partition coefficient (Wildman–Crippen LogP) is 1.50. The molecule has 0 spiro atoms. The second-order valence-electron chi connectivity index (χ2n) is 2.58. The first-order chi connectivity index (χ1) is 5.61. The Kier molecular flexibility index (Phi) is 2.33. The monoisotopic (exact) mass is 165 g/mol. The summed E-state index contributed by atoms with van der Waals surface area (Å²) in [6, 6.07) is 5.33. The van der Waals surface area contributed by atoms with E-state index < -0.39 is 0 Å². The standard InChI is InChI=1S/C9H11NO2/c1-6-4-3-5-8(9(6)10)12-7(2)11/h3-5H,10H2,1-2H3. The summed E-state index contributed by atoms with van der Waals surface area (Å²) in [6.07, 6.45) is 0. The molecule has 0 aliphatic rings. The number of rotatable bonds is 1. The van der Waals surface area contributed by atoms with E-state index in [4.69, 9.17) is 10.5 Å². The molecule has 1 aromatic carbocycles. The molecule has 0 radical (unpaired) electrons. The van der Waals surface area contributed by atoms with Gasteiger partial charge in [-0.25, -0.2) is 0 Å². The summed E-state index contributed by atoms with van der Waals surface area (Å²) >= 11 is 0. The number of carbonyl (C=O) groups is 1. The van der Waals surface area contributed by atoms with Crippen LogP contribution >= 0.6 is 0 Å². The number of carbonyl (C=O) groups excluding carboxylic acids is 1. The normalized spacial score (nSPS) is 9.50. The van der Waals surface area contributed by atoms with E-state index in [2.05, 4.69) is 0 Å². The number of para-hydroxylation sites is 1. The summed E-state index contributed by atoms with van der Waals surface area (Å²) in [5.41, 5.74) is 7.09. The topological polar surface area (TPSA) is 52.3 Å². The van der Waals surface area contributed by atoms with E-state index in [-0.39, 0.29) is 5.97 Å². The second kappa shape index (κ2) is 3.26. The van der Waals surface area contributed by atoms with Crippen LogP contribution in [0.4, 0.5) is 5.69 Å². The van der Waals surface area contributed by atoms with Gasteiger partial charge in [0.1, 0.15) is 0 Å². The number of nitrogens with two attached hydrogens (primary N) is 1. The van der Waals surface area contributed by atoms with Crippen LogP contribution in [-0.4, -0.2) is 5.97 Å². The van der Waals surface area contributed by atoms with E-state index in [0.29, 0.717) is 11.4 Å². The van der Waals surface area contributed by atoms with E-state index in [9.17, 15) is 4.79 Å². The quantitative estimate of drug-likeness (QED) is 0.390. The molecule has 0 amide bonds. The fourth-order valence-corrected chi connectivity index (χ4v) is 0.898. The first-order valence-corrected chi connectivity index (χ1v) is 3.65. The van der Waals surface area contributed by atoms with Crippen LogP contribution in [0.2, 0.25) is 0 Å². The fraction of sp³-hybridized carbons (Fsp3) is 0.222. The molecule has 0 atom stereocenters. The molecule has 0 saturated carbocycles. The Morgan fingerprint density at radius 2 is 2.17 bits per heavy atom. The molecule has 0 fully saturated rings. The Morgan fingerprint density at radius 3 is 2.75 bits per heavy atom. The van der Waals surface area contributed by atoms with Crippen molar-refractivity contribution in [3.63, 3.8) is 0 Å². The van der Waals surface area contributed by atoms with Gasteiger partial charge in [0.25, 0.3) is 0 Å². The zero-order valence-corrected chi connectivity index (χ0v) is 7.13. The third kappa shape index (κ3) is 1.75. The number of hydrogen-bond donors (Lipinski definition) is 1. The third-order valence-electron chi connectivity index (χ3n) is 1.54. The highest BCUT2D eigenvalue weighted by molar-refractivity contribution is 5.72. The van der Waals surface area contributed by atoms with Crippen LogP contribution in [-0.2, 0) is 4.79 Å². The van der Waals surface area contributed by atoms with Crippen molar-refractivity contribution < 1.29 is 9.53 Å². The Labute approximate surface area is 71.1 Å². The lowest BCUT2D eigenvalue weighted by molar-refractivity contribution is -0.131. The molecular formula is C9H11NO2. The molecule has 0 saturated heterocycles. The summed E-state index contributed by atoms with van der Waals surface area (Å²) in [7, 11) is 0. The Bertz CT molecular complexity index is 307. The van der Waals surface area contributed by atoms with E-state index in [1.165, 1.54) is 6.92 Å². The number of hydrogen-bond acceptors (Lipinski definition) is 3. The molecule has 0 heterocycles. The first-order valence-electron chi connectivity index (χ1n) is 3.65. The van der Waals surface area contributed by atoms with Gasteiger partial charge in [0, 0.05) is 6.92 Å². The van der Waals surface area contributed by atoms with E-state index in [0.717, 1.165) is 5.56 Å². The molecule has 3 heteroatoms. The van der Waals surface area contributed by atoms with Crippen molar-refractivity contribution in [2.24, 2.45) is 0 Å². The minimum atomic E-state index is -0.354. The van der Waals surface area contributed by atoms with Crippen LogP contribution in [0.3, 0.4) is 0 Å². The van der Waals surface area contributed by atoms with E-state index in [1.807, 2.05) is 13.0 Å². The Balaban J connectivity index is 3.00. The van der Waals surface area contributed by atoms with Crippen molar-refractivity contribution in [3.8, 4) is 5.75 Å². The van der Waals surface area contributed by atoms with E-state index in [1.54, 1.807) is 12.1 Å². The lowest BCUT2D eigenvalue weighted by atomic mass is 10.2. The van der Waals surface area contributed by atoms with Crippen molar-refractivity contribution >= 4 is 11.7 Å². The molecule has 1 aromatic rings. The van der Waals surface area contributed by atoms with Crippen LogP contribution in [0.5, 0.6) is 5.75 Å². The molecule has 0 unspecified atom stereocenters. The van der Waals surface area contributed by atoms with Crippen LogP contribution in [0.1, 0.15) is 12.5 Å². The van der Waals surface area contributed by atoms with Gasteiger partial charge < -0.3 is 10.5 Å². The second-order valence-corrected chi connectivity index (χ2v) is 2.58. The van der Waals surface area contributed by atoms with Gasteiger partial charge in [-0.2, -0.15) is 0 Å². The van der Waals surface area contributed by atoms with Gasteiger partial charge in [0.2, 0.25) is 0 Å². The zero-order valence-electron chi connectivity index (χ0n) is 7.13. The van der Waals surface area contributed by atoms with E-state index >= 15 is 0 Å². The first kappa shape index (κ1) is 8.59. The average Bonchev–Trinajstić information content (AvgIpc) is 1.98. The molecule has 0 aliphatic carbocycles. The SMILES string of the molecule is CC(=O)Oc1cccc(C)c1N. The molecular weight excluding hydrogens is 154 g/mol. The lowest BCUT2D eigenvalue weighted by Crippen LogP contribution is -2.04. The molecule has 12 heavy (non-hydrogen) atoms. The molecule has 2 N–H and O–H groups in total. The molecule has 1 rings (SSSR count). The van der Waals surface area contributed by atoms with Gasteiger partial charge in [0.05, 0.1) is 5.69 Å². The Hall–Kier alpha value is -1.51. The highest BCUT2D eigenvalue weighted by Gasteiger charge is 2.03. The third-order valence-corrected chi connectivity index (χ3v) is 1.54. The molecule has 64 valence electrons. The van der Waals surface area contributed by atoms with Crippen molar-refractivity contribution in [2.45, 2.75) is 13.8 Å². The van der Waals surface area contributed by atoms with Crippen LogP contribution in [0.15, 0.2) is 18.2 Å². The van der Waals surface area contributed by atoms with Gasteiger partial charge in [-0.3, -0.25) is 4.79 Å². The Morgan fingerprint density at radius 1 is 1.50 bits per heavy atom. The lowest BCUT2D eigenvalue weighted by Gasteiger charge is -2.06. The van der Waals surface area contributed by atoms with Crippen molar-refractivity contribution in [2.75, 3.05) is 5.73 Å². The van der Waals surface area contributed by atoms with Crippen LogP contribution in [0.25, 0.3) is 0 Å². The number of ether oxygens (including phenoxy) is 1. The summed E-state index contributed by atoms with van der Waals surface area (Å²) < 4.78 is 4.86. The molecule has 3 nitrogen and oxygen atoms in total. The van der Waals surface area contributed by atoms with Crippen molar-refractivity contribution in [1.29, 1.82) is 0 Å². The largest absolute Gasteiger partial charge is 0.425 e. The number of esters is 1. The minimum absolute atomic E-state index is 0.354. The van der Waals surface area contributed by atoms with Gasteiger partial charge in [-0.1, -0.05) is 12.1 Å². The number of nitrogen functional groups attached to an aromatic ring is 1. The summed E-state index contributed by atoms with van der Waals surface area (Å²) in [5.74, 6) is 0.0785. The van der Waals surface area contributed by atoms with Gasteiger partial charge >= 0.3 is 5.97 Å². The number of benzene rings is 1. The maximum atomic E-state index is 10.6. The molecule has 0 aromatic heterocycles. The summed E-state index contributed by atoms with van der Waals surface area (Å²) in [5, 5.41) is 0. The highest BCUT2D eigenvalue weighted by Crippen LogP contribution is 2.24. The highest BCUT2D eigenvalue weighted by atomic mass is 16.5. The smallest absolute Gasteiger partial charge is 0.308 e. The molecule has 0 bridgehead atoms. The average molecular weight is 165 g/mol.